The van der Waals surface area contributed by atoms with E-state index in [9.17, 15) is 4.79 Å². The van der Waals surface area contributed by atoms with Crippen molar-refractivity contribution in [2.45, 2.75) is 0 Å². The molecule has 1 aromatic heterocycles. The van der Waals surface area contributed by atoms with Crippen molar-refractivity contribution in [3.05, 3.63) is 54.5 Å². The van der Waals surface area contributed by atoms with E-state index in [1.807, 2.05) is 29.3 Å². The number of nitrogens with zero attached hydrogens (tertiary/aromatic N) is 2. The third kappa shape index (κ3) is 2.70. The molecule has 4 nitrogen and oxygen atoms in total. The molecule has 0 unspecified atom stereocenters. The zero-order chi connectivity index (χ0) is 11.2. The van der Waals surface area contributed by atoms with Crippen molar-refractivity contribution >= 4 is 5.91 Å². The largest absolute Gasteiger partial charge is 0.356 e. The lowest BCUT2D eigenvalue weighted by Gasteiger charge is -2.20. The molecule has 1 aromatic rings. The molecule has 0 spiro atoms. The number of pyridine rings is 1. The minimum atomic E-state index is -0.101. The second-order valence-corrected chi connectivity index (χ2v) is 3.45. The van der Waals surface area contributed by atoms with Crippen LogP contribution in [0.15, 0.2) is 49.0 Å². The van der Waals surface area contributed by atoms with E-state index in [4.69, 9.17) is 0 Å². The number of aromatic nitrogens is 1. The summed E-state index contributed by atoms with van der Waals surface area (Å²) in [7, 11) is 0. The van der Waals surface area contributed by atoms with Crippen LogP contribution in [0.5, 0.6) is 0 Å². The molecule has 4 heteroatoms. The van der Waals surface area contributed by atoms with E-state index >= 15 is 0 Å². The summed E-state index contributed by atoms with van der Waals surface area (Å²) in [4.78, 5) is 17.6. The molecule has 0 fully saturated rings. The standard InChI is InChI=1S/C12H13N3O/c16-12(11-5-4-6-13-9-11)14-10-15-7-2-1-3-8-15/h1-7,9H,8,10H2,(H,14,16). The van der Waals surface area contributed by atoms with E-state index in [0.717, 1.165) is 6.54 Å². The third-order valence-corrected chi connectivity index (χ3v) is 2.25. The Labute approximate surface area is 94.3 Å². The van der Waals surface area contributed by atoms with E-state index in [1.54, 1.807) is 24.5 Å². The van der Waals surface area contributed by atoms with Crippen LogP contribution in [0.4, 0.5) is 0 Å². The molecule has 1 N–H and O–H groups in total. The van der Waals surface area contributed by atoms with Crippen molar-refractivity contribution in [2.24, 2.45) is 0 Å². The number of nitrogens with one attached hydrogen (secondary N) is 1. The second kappa shape index (κ2) is 5.11. The second-order valence-electron chi connectivity index (χ2n) is 3.45. The molecule has 0 atom stereocenters. The smallest absolute Gasteiger partial charge is 0.254 e. The van der Waals surface area contributed by atoms with Crippen molar-refractivity contribution in [1.82, 2.24) is 15.2 Å². The maximum absolute atomic E-state index is 11.7. The Morgan fingerprint density at radius 3 is 3.12 bits per heavy atom. The Hall–Kier alpha value is -2.10. The summed E-state index contributed by atoms with van der Waals surface area (Å²) in [5.41, 5.74) is 0.582. The summed E-state index contributed by atoms with van der Waals surface area (Å²) in [6, 6.07) is 3.49. The van der Waals surface area contributed by atoms with Gasteiger partial charge in [0, 0.05) is 25.1 Å². The van der Waals surface area contributed by atoms with Gasteiger partial charge >= 0.3 is 0 Å². The molecule has 0 saturated carbocycles. The van der Waals surface area contributed by atoms with Gasteiger partial charge in [0.05, 0.1) is 12.2 Å². The number of carbonyl (C=O) groups excluding carboxylic acids is 1. The van der Waals surface area contributed by atoms with Crippen LogP contribution in [-0.2, 0) is 0 Å². The lowest BCUT2D eigenvalue weighted by molar-refractivity contribution is 0.0936. The monoisotopic (exact) mass is 215 g/mol. The highest BCUT2D eigenvalue weighted by Gasteiger charge is 2.06. The summed E-state index contributed by atoms with van der Waals surface area (Å²) in [6.07, 6.45) is 11.1. The quantitative estimate of drug-likeness (QED) is 0.822. The van der Waals surface area contributed by atoms with Crippen LogP contribution in [-0.4, -0.2) is 29.0 Å². The molecule has 0 aliphatic carbocycles. The van der Waals surface area contributed by atoms with E-state index in [1.165, 1.54) is 0 Å². The molecular formula is C12H13N3O. The molecular weight excluding hydrogens is 202 g/mol. The van der Waals surface area contributed by atoms with Crippen LogP contribution in [0.1, 0.15) is 10.4 Å². The van der Waals surface area contributed by atoms with Gasteiger partial charge in [-0.1, -0.05) is 12.2 Å². The topological polar surface area (TPSA) is 45.2 Å². The predicted octanol–water partition coefficient (Wildman–Crippen LogP) is 1.15. The number of hydrogen-bond acceptors (Lipinski definition) is 3. The average Bonchev–Trinajstić information content (AvgIpc) is 2.38. The first-order chi connectivity index (χ1) is 7.86. The van der Waals surface area contributed by atoms with Gasteiger partial charge in [-0.2, -0.15) is 0 Å². The van der Waals surface area contributed by atoms with Crippen LogP contribution in [0.25, 0.3) is 0 Å². The number of hydrogen-bond donors (Lipinski definition) is 1. The predicted molar refractivity (Wildman–Crippen MR) is 61.6 cm³/mol. The highest BCUT2D eigenvalue weighted by atomic mass is 16.1. The van der Waals surface area contributed by atoms with Crippen LogP contribution < -0.4 is 5.32 Å². The summed E-state index contributed by atoms with van der Waals surface area (Å²) in [5, 5.41) is 2.83. The highest BCUT2D eigenvalue weighted by molar-refractivity contribution is 5.93. The Morgan fingerprint density at radius 2 is 2.44 bits per heavy atom. The number of allylic oxidation sites excluding steroid dienone is 2. The minimum absolute atomic E-state index is 0.101. The van der Waals surface area contributed by atoms with Crippen molar-refractivity contribution in [1.29, 1.82) is 0 Å². The van der Waals surface area contributed by atoms with Gasteiger partial charge in [-0.15, -0.1) is 0 Å². The average molecular weight is 215 g/mol. The first kappa shape index (κ1) is 10.4. The van der Waals surface area contributed by atoms with Gasteiger partial charge in [0.2, 0.25) is 0 Å². The molecule has 0 bridgehead atoms. The van der Waals surface area contributed by atoms with Gasteiger partial charge in [-0.3, -0.25) is 9.78 Å². The molecule has 82 valence electrons. The Morgan fingerprint density at radius 1 is 1.50 bits per heavy atom. The van der Waals surface area contributed by atoms with Gasteiger partial charge in [0.15, 0.2) is 0 Å². The van der Waals surface area contributed by atoms with E-state index in [-0.39, 0.29) is 5.91 Å². The minimum Gasteiger partial charge on any atom is -0.356 e. The van der Waals surface area contributed by atoms with Crippen molar-refractivity contribution in [3.8, 4) is 0 Å². The summed E-state index contributed by atoms with van der Waals surface area (Å²) in [6.45, 7) is 1.33. The van der Waals surface area contributed by atoms with Crippen LogP contribution >= 0.6 is 0 Å². The van der Waals surface area contributed by atoms with Crippen LogP contribution in [0.3, 0.4) is 0 Å². The zero-order valence-corrected chi connectivity index (χ0v) is 8.84. The van der Waals surface area contributed by atoms with Gasteiger partial charge in [0.25, 0.3) is 5.91 Å². The molecule has 2 rings (SSSR count). The third-order valence-electron chi connectivity index (χ3n) is 2.25. The molecule has 0 radical (unpaired) electrons. The first-order valence-electron chi connectivity index (χ1n) is 5.12. The molecule has 1 aliphatic rings. The summed E-state index contributed by atoms with van der Waals surface area (Å²) < 4.78 is 0. The fourth-order valence-electron chi connectivity index (χ4n) is 1.40. The van der Waals surface area contributed by atoms with Crippen molar-refractivity contribution in [2.75, 3.05) is 13.2 Å². The molecule has 0 aromatic carbocycles. The van der Waals surface area contributed by atoms with Crippen LogP contribution in [0, 0.1) is 0 Å². The Kier molecular flexibility index (Phi) is 3.33. The maximum Gasteiger partial charge on any atom is 0.254 e. The van der Waals surface area contributed by atoms with Crippen molar-refractivity contribution in [3.63, 3.8) is 0 Å². The SMILES string of the molecule is O=C(NCN1C=CC=CC1)c1cccnc1. The van der Waals surface area contributed by atoms with Gasteiger partial charge in [-0.05, 0) is 18.2 Å². The first-order valence-corrected chi connectivity index (χ1v) is 5.12. The molecule has 1 aliphatic heterocycles. The lowest BCUT2D eigenvalue weighted by atomic mass is 10.3. The van der Waals surface area contributed by atoms with Crippen molar-refractivity contribution < 1.29 is 4.79 Å². The highest BCUT2D eigenvalue weighted by Crippen LogP contribution is 1.98. The summed E-state index contributed by atoms with van der Waals surface area (Å²) >= 11 is 0. The Balaban J connectivity index is 1.84. The molecule has 0 saturated heterocycles. The van der Waals surface area contributed by atoms with Gasteiger partial charge in [0.1, 0.15) is 0 Å². The molecule has 1 amide bonds. The van der Waals surface area contributed by atoms with Gasteiger partial charge in [-0.25, -0.2) is 0 Å². The van der Waals surface area contributed by atoms with E-state index < -0.39 is 0 Å². The molecule has 16 heavy (non-hydrogen) atoms. The lowest BCUT2D eigenvalue weighted by Crippen LogP contribution is -2.35. The van der Waals surface area contributed by atoms with E-state index in [0.29, 0.717) is 12.2 Å². The maximum atomic E-state index is 11.7. The Bertz CT molecular complexity index is 412. The fraction of sp³-hybridized carbons (Fsp3) is 0.167. The normalized spacial score (nSPS) is 13.9. The van der Waals surface area contributed by atoms with Crippen LogP contribution in [0.2, 0.25) is 0 Å². The number of carbonyl (C=O) groups is 1. The van der Waals surface area contributed by atoms with E-state index in [2.05, 4.69) is 10.3 Å². The summed E-state index contributed by atoms with van der Waals surface area (Å²) in [5.74, 6) is -0.101. The zero-order valence-electron chi connectivity index (χ0n) is 8.84. The number of amides is 1. The van der Waals surface area contributed by atoms with Gasteiger partial charge < -0.3 is 10.2 Å². The fourth-order valence-corrected chi connectivity index (χ4v) is 1.40. The number of rotatable bonds is 3. The molecule has 2 heterocycles.